The second kappa shape index (κ2) is 8.61. The van der Waals surface area contributed by atoms with Crippen LogP contribution in [0.2, 0.25) is 5.02 Å². The predicted molar refractivity (Wildman–Crippen MR) is 127 cm³/mol. The van der Waals surface area contributed by atoms with Gasteiger partial charge in [0, 0.05) is 21.7 Å². The number of hydrogen-bond donors (Lipinski definition) is 2. The molecule has 0 atom stereocenters. The number of amides is 1. The molecule has 148 valence electrons. The van der Waals surface area contributed by atoms with Crippen molar-refractivity contribution in [2.75, 3.05) is 5.32 Å². The first-order chi connectivity index (χ1) is 14.5. The van der Waals surface area contributed by atoms with Crippen LogP contribution in [-0.4, -0.2) is 16.0 Å². The molecule has 2 N–H and O–H groups in total. The fourth-order valence-electron chi connectivity index (χ4n) is 3.17. The molecule has 0 aliphatic carbocycles. The predicted octanol–water partition coefficient (Wildman–Crippen LogP) is 5.99. The fraction of sp³-hybridized carbons (Fsp3) is 0.0417. The molecule has 1 aromatic heterocycles. The molecule has 0 radical (unpaired) electrons. The molecule has 0 saturated heterocycles. The zero-order valence-corrected chi connectivity index (χ0v) is 17.7. The molecule has 0 bridgehead atoms. The summed E-state index contributed by atoms with van der Waals surface area (Å²) in [7, 11) is 0. The van der Waals surface area contributed by atoms with E-state index in [2.05, 4.69) is 10.6 Å². The van der Waals surface area contributed by atoms with E-state index in [-0.39, 0.29) is 11.0 Å². The highest BCUT2D eigenvalue weighted by Gasteiger charge is 2.15. The molecule has 1 amide bonds. The maximum atomic E-state index is 13.1. The number of rotatable bonds is 3. The van der Waals surface area contributed by atoms with E-state index in [1.807, 2.05) is 67.6 Å². The zero-order chi connectivity index (χ0) is 21.1. The van der Waals surface area contributed by atoms with Crippen molar-refractivity contribution in [1.29, 1.82) is 0 Å². The Morgan fingerprint density at radius 3 is 2.43 bits per heavy atom. The molecule has 0 spiro atoms. The Morgan fingerprint density at radius 2 is 1.67 bits per heavy atom. The number of anilines is 1. The van der Waals surface area contributed by atoms with Crippen LogP contribution in [0.15, 0.2) is 78.9 Å². The highest BCUT2D eigenvalue weighted by molar-refractivity contribution is 7.80. The maximum Gasteiger partial charge on any atom is 0.258 e. The van der Waals surface area contributed by atoms with Gasteiger partial charge >= 0.3 is 0 Å². The van der Waals surface area contributed by atoms with Crippen LogP contribution in [0, 0.1) is 6.92 Å². The number of pyridine rings is 1. The summed E-state index contributed by atoms with van der Waals surface area (Å²) in [5.74, 6) is -0.296. The number of para-hydroxylation sites is 2. The van der Waals surface area contributed by atoms with E-state index >= 15 is 0 Å². The summed E-state index contributed by atoms with van der Waals surface area (Å²) < 4.78 is 0. The summed E-state index contributed by atoms with van der Waals surface area (Å²) in [5.41, 5.74) is 4.68. The smallest absolute Gasteiger partial charge is 0.258 e. The van der Waals surface area contributed by atoms with Gasteiger partial charge in [-0.15, -0.1) is 0 Å². The third kappa shape index (κ3) is 4.32. The second-order valence-corrected chi connectivity index (χ2v) is 7.65. The van der Waals surface area contributed by atoms with Crippen molar-refractivity contribution in [3.05, 3.63) is 95.0 Å². The van der Waals surface area contributed by atoms with Gasteiger partial charge in [-0.25, -0.2) is 4.98 Å². The minimum atomic E-state index is -0.296. The van der Waals surface area contributed by atoms with E-state index in [4.69, 9.17) is 28.8 Å². The van der Waals surface area contributed by atoms with Gasteiger partial charge in [0.25, 0.3) is 5.91 Å². The van der Waals surface area contributed by atoms with E-state index in [1.165, 1.54) is 0 Å². The first kappa shape index (κ1) is 20.0. The number of hydrogen-bond acceptors (Lipinski definition) is 3. The van der Waals surface area contributed by atoms with Crippen molar-refractivity contribution in [2.24, 2.45) is 0 Å². The lowest BCUT2D eigenvalue weighted by Crippen LogP contribution is -2.34. The normalized spacial score (nSPS) is 10.6. The van der Waals surface area contributed by atoms with Crippen LogP contribution in [0.5, 0.6) is 0 Å². The van der Waals surface area contributed by atoms with Gasteiger partial charge in [-0.1, -0.05) is 60.1 Å². The van der Waals surface area contributed by atoms with E-state index in [0.29, 0.717) is 16.3 Å². The number of nitrogens with zero attached hydrogens (tertiary/aromatic N) is 1. The summed E-state index contributed by atoms with van der Waals surface area (Å²) in [6.45, 7) is 1.97. The molecule has 3 aromatic carbocycles. The number of nitrogens with one attached hydrogen (secondary N) is 2. The Kier molecular flexibility index (Phi) is 5.74. The molecule has 4 rings (SSSR count). The van der Waals surface area contributed by atoms with E-state index in [9.17, 15) is 4.79 Å². The number of carbonyl (C=O) groups excluding carboxylic acids is 1. The minimum Gasteiger partial charge on any atom is -0.332 e. The molecule has 0 unspecified atom stereocenters. The molecule has 30 heavy (non-hydrogen) atoms. The fourth-order valence-corrected chi connectivity index (χ4v) is 3.50. The van der Waals surface area contributed by atoms with Crippen LogP contribution in [0.25, 0.3) is 22.2 Å². The highest BCUT2D eigenvalue weighted by atomic mass is 35.5. The molecular weight excluding hydrogens is 414 g/mol. The SMILES string of the molecule is Cc1ccccc1NC(=S)NC(=O)c1cc(-c2ccc(Cl)cc2)nc2ccccc12. The van der Waals surface area contributed by atoms with Crippen molar-refractivity contribution < 1.29 is 4.79 Å². The molecule has 4 nitrogen and oxygen atoms in total. The van der Waals surface area contributed by atoms with Gasteiger partial charge in [-0.3, -0.25) is 10.1 Å². The molecule has 0 saturated carbocycles. The van der Waals surface area contributed by atoms with Gasteiger partial charge < -0.3 is 5.32 Å². The number of benzene rings is 3. The van der Waals surface area contributed by atoms with Crippen molar-refractivity contribution >= 4 is 51.4 Å². The van der Waals surface area contributed by atoms with Gasteiger partial charge in [-0.05, 0) is 55.0 Å². The lowest BCUT2D eigenvalue weighted by Gasteiger charge is -2.13. The number of aromatic nitrogens is 1. The highest BCUT2D eigenvalue weighted by Crippen LogP contribution is 2.26. The lowest BCUT2D eigenvalue weighted by atomic mass is 10.0. The molecular formula is C24H18ClN3OS. The minimum absolute atomic E-state index is 0.239. The standard InChI is InChI=1S/C24H18ClN3OS/c1-15-6-2-4-8-20(15)27-24(30)28-23(29)19-14-22(16-10-12-17(25)13-11-16)26-21-9-5-3-7-18(19)21/h2-14H,1H3,(H2,27,28,29,30). The first-order valence-corrected chi connectivity index (χ1v) is 10.1. The van der Waals surface area contributed by atoms with Gasteiger partial charge in [0.15, 0.2) is 5.11 Å². The van der Waals surface area contributed by atoms with Crippen LogP contribution in [0.3, 0.4) is 0 Å². The van der Waals surface area contributed by atoms with Gasteiger partial charge in [0.05, 0.1) is 16.8 Å². The largest absolute Gasteiger partial charge is 0.332 e. The number of carbonyl (C=O) groups is 1. The topological polar surface area (TPSA) is 54.0 Å². The van der Waals surface area contributed by atoms with E-state index in [0.717, 1.165) is 27.7 Å². The first-order valence-electron chi connectivity index (χ1n) is 9.35. The Bertz CT molecular complexity index is 1260. The van der Waals surface area contributed by atoms with E-state index in [1.54, 1.807) is 18.2 Å². The monoisotopic (exact) mass is 431 g/mol. The molecule has 6 heteroatoms. The number of fused-ring (bicyclic) bond motifs is 1. The third-order valence-electron chi connectivity index (χ3n) is 4.72. The summed E-state index contributed by atoms with van der Waals surface area (Å²) in [5, 5.41) is 7.50. The molecule has 0 fully saturated rings. The second-order valence-electron chi connectivity index (χ2n) is 6.80. The lowest BCUT2D eigenvalue weighted by molar-refractivity contribution is 0.0979. The summed E-state index contributed by atoms with van der Waals surface area (Å²) >= 11 is 11.4. The van der Waals surface area contributed by atoms with Gasteiger partial charge in [0.1, 0.15) is 0 Å². The number of thiocarbonyl (C=S) groups is 1. The van der Waals surface area contributed by atoms with E-state index < -0.39 is 0 Å². The van der Waals surface area contributed by atoms with Crippen LogP contribution in [0.1, 0.15) is 15.9 Å². The maximum absolute atomic E-state index is 13.1. The molecule has 0 aliphatic rings. The molecule has 0 aliphatic heterocycles. The summed E-state index contributed by atoms with van der Waals surface area (Å²) in [6, 6.07) is 24.4. The van der Waals surface area contributed by atoms with Crippen LogP contribution in [-0.2, 0) is 0 Å². The summed E-state index contributed by atoms with van der Waals surface area (Å²) in [4.78, 5) is 17.8. The van der Waals surface area contributed by atoms with Crippen molar-refractivity contribution in [1.82, 2.24) is 10.3 Å². The molecule has 4 aromatic rings. The Balaban J connectivity index is 1.66. The summed E-state index contributed by atoms with van der Waals surface area (Å²) in [6.07, 6.45) is 0. The van der Waals surface area contributed by atoms with Gasteiger partial charge in [-0.2, -0.15) is 0 Å². The Morgan fingerprint density at radius 1 is 0.967 bits per heavy atom. The zero-order valence-electron chi connectivity index (χ0n) is 16.1. The Labute approximate surface area is 184 Å². The average molecular weight is 432 g/mol. The quantitative estimate of drug-likeness (QED) is 0.391. The number of aryl methyl sites for hydroxylation is 1. The molecule has 1 heterocycles. The average Bonchev–Trinajstić information content (AvgIpc) is 2.75. The van der Waals surface area contributed by atoms with Crippen molar-refractivity contribution in [3.63, 3.8) is 0 Å². The van der Waals surface area contributed by atoms with Gasteiger partial charge in [0.2, 0.25) is 0 Å². The third-order valence-corrected chi connectivity index (χ3v) is 5.18. The van der Waals surface area contributed by atoms with Crippen molar-refractivity contribution in [3.8, 4) is 11.3 Å². The van der Waals surface area contributed by atoms with Crippen molar-refractivity contribution in [2.45, 2.75) is 6.92 Å². The Hall–Kier alpha value is -3.28. The number of halogens is 1. The van der Waals surface area contributed by atoms with Crippen LogP contribution in [0.4, 0.5) is 5.69 Å². The van der Waals surface area contributed by atoms with Crippen LogP contribution >= 0.6 is 23.8 Å². The van der Waals surface area contributed by atoms with Crippen LogP contribution < -0.4 is 10.6 Å².